The molecule has 0 amide bonds. The molecule has 1 rings (SSSR count). The first-order valence-corrected chi connectivity index (χ1v) is 7.56. The number of ether oxygens (including phenoxy) is 3. The lowest BCUT2D eigenvalue weighted by atomic mass is 9.82. The third kappa shape index (κ3) is 4.60. The minimum Gasteiger partial charge on any atom is -0.457 e. The van der Waals surface area contributed by atoms with E-state index in [0.717, 1.165) is 19.3 Å². The molecule has 1 aliphatic rings. The third-order valence-corrected chi connectivity index (χ3v) is 4.05. The summed E-state index contributed by atoms with van der Waals surface area (Å²) in [7, 11) is 0. The van der Waals surface area contributed by atoms with Crippen molar-refractivity contribution in [2.24, 2.45) is 11.8 Å². The van der Waals surface area contributed by atoms with Gasteiger partial charge in [-0.1, -0.05) is 26.8 Å². The Balaban J connectivity index is 2.67. The quantitative estimate of drug-likeness (QED) is 0.409. The van der Waals surface area contributed by atoms with Gasteiger partial charge < -0.3 is 14.2 Å². The molecule has 0 spiro atoms. The van der Waals surface area contributed by atoms with Crippen molar-refractivity contribution in [3.05, 3.63) is 12.7 Å². The van der Waals surface area contributed by atoms with Crippen molar-refractivity contribution >= 4 is 5.97 Å². The van der Waals surface area contributed by atoms with Crippen LogP contribution >= 0.6 is 0 Å². The van der Waals surface area contributed by atoms with Crippen molar-refractivity contribution in [1.82, 2.24) is 0 Å². The van der Waals surface area contributed by atoms with Crippen LogP contribution in [0.15, 0.2) is 12.7 Å². The molecule has 0 saturated carbocycles. The highest BCUT2D eigenvalue weighted by atomic mass is 16.7. The van der Waals surface area contributed by atoms with E-state index in [9.17, 15) is 4.79 Å². The Hall–Kier alpha value is -0.870. The molecule has 0 aliphatic carbocycles. The predicted molar refractivity (Wildman–Crippen MR) is 78.2 cm³/mol. The van der Waals surface area contributed by atoms with Crippen LogP contribution in [-0.2, 0) is 19.0 Å². The molecule has 1 fully saturated rings. The second kappa shape index (κ2) is 8.42. The van der Waals surface area contributed by atoms with Crippen LogP contribution in [0.25, 0.3) is 0 Å². The van der Waals surface area contributed by atoms with Crippen LogP contribution in [0.4, 0.5) is 0 Å². The lowest BCUT2D eigenvalue weighted by Crippen LogP contribution is -2.51. The molecule has 0 bridgehead atoms. The van der Waals surface area contributed by atoms with Gasteiger partial charge in [0.15, 0.2) is 12.4 Å². The molecule has 20 heavy (non-hydrogen) atoms. The van der Waals surface area contributed by atoms with Gasteiger partial charge in [-0.05, 0) is 25.2 Å². The molecule has 0 aromatic heterocycles. The summed E-state index contributed by atoms with van der Waals surface area (Å²) in [4.78, 5) is 11.3. The van der Waals surface area contributed by atoms with Crippen molar-refractivity contribution < 1.29 is 19.0 Å². The van der Waals surface area contributed by atoms with E-state index in [1.165, 1.54) is 6.92 Å². The normalized spacial score (nSPS) is 33.7. The van der Waals surface area contributed by atoms with E-state index >= 15 is 0 Å². The Morgan fingerprint density at radius 3 is 2.60 bits per heavy atom. The number of esters is 1. The molecule has 1 aliphatic heterocycles. The van der Waals surface area contributed by atoms with Gasteiger partial charge >= 0.3 is 5.97 Å². The summed E-state index contributed by atoms with van der Waals surface area (Å²) in [6, 6.07) is 0. The van der Waals surface area contributed by atoms with E-state index in [0.29, 0.717) is 12.5 Å². The fraction of sp³-hybridized carbons (Fsp3) is 0.812. The maximum atomic E-state index is 11.3. The molecule has 0 radical (unpaired) electrons. The maximum absolute atomic E-state index is 11.3. The Morgan fingerprint density at radius 1 is 1.35 bits per heavy atom. The van der Waals surface area contributed by atoms with E-state index in [4.69, 9.17) is 14.2 Å². The van der Waals surface area contributed by atoms with E-state index in [1.54, 1.807) is 0 Å². The number of hydrogen-bond acceptors (Lipinski definition) is 4. The molecule has 1 saturated heterocycles. The number of hydrogen-bond donors (Lipinski definition) is 0. The first-order valence-electron chi connectivity index (χ1n) is 7.56. The molecular formula is C16H28O4. The molecule has 116 valence electrons. The Labute approximate surface area is 122 Å². The topological polar surface area (TPSA) is 44.8 Å². The molecule has 1 heterocycles. The average Bonchev–Trinajstić information content (AvgIpc) is 2.41. The van der Waals surface area contributed by atoms with Crippen molar-refractivity contribution in [1.29, 1.82) is 0 Å². The number of unbranched alkanes of at least 4 members (excludes halogenated alkanes) is 1. The summed E-state index contributed by atoms with van der Waals surface area (Å²) in [6.45, 7) is 12.1. The predicted octanol–water partition coefficient (Wildman–Crippen LogP) is 3.31. The molecule has 0 aromatic carbocycles. The molecule has 4 nitrogen and oxygen atoms in total. The Kier molecular flexibility index (Phi) is 7.24. The van der Waals surface area contributed by atoms with Gasteiger partial charge in [0.2, 0.25) is 0 Å². The van der Waals surface area contributed by atoms with Gasteiger partial charge in [-0.3, -0.25) is 4.79 Å². The molecular weight excluding hydrogens is 256 g/mol. The summed E-state index contributed by atoms with van der Waals surface area (Å²) in [5.74, 6) is 0.284. The van der Waals surface area contributed by atoms with Crippen LogP contribution in [0.5, 0.6) is 0 Å². The highest BCUT2D eigenvalue weighted by Crippen LogP contribution is 2.34. The van der Waals surface area contributed by atoms with Crippen LogP contribution in [0.2, 0.25) is 0 Å². The van der Waals surface area contributed by atoms with Crippen LogP contribution in [0, 0.1) is 11.8 Å². The monoisotopic (exact) mass is 284 g/mol. The van der Waals surface area contributed by atoms with Gasteiger partial charge in [0, 0.05) is 12.8 Å². The maximum Gasteiger partial charge on any atom is 0.303 e. The third-order valence-electron chi connectivity index (χ3n) is 4.05. The van der Waals surface area contributed by atoms with Gasteiger partial charge in [0.1, 0.15) is 0 Å². The van der Waals surface area contributed by atoms with Crippen LogP contribution in [-0.4, -0.2) is 31.1 Å². The Morgan fingerprint density at radius 2 is 2.05 bits per heavy atom. The van der Waals surface area contributed by atoms with Crippen molar-refractivity contribution in [3.8, 4) is 0 Å². The van der Waals surface area contributed by atoms with Crippen molar-refractivity contribution in [2.45, 2.75) is 65.5 Å². The first kappa shape index (κ1) is 17.2. The lowest BCUT2D eigenvalue weighted by molar-refractivity contribution is -0.275. The van der Waals surface area contributed by atoms with Gasteiger partial charge in [-0.25, -0.2) is 0 Å². The number of carbonyl (C=O) groups is 1. The van der Waals surface area contributed by atoms with Crippen LogP contribution < -0.4 is 0 Å². The average molecular weight is 284 g/mol. The minimum absolute atomic E-state index is 0.154. The van der Waals surface area contributed by atoms with Crippen LogP contribution in [0.1, 0.15) is 47.0 Å². The van der Waals surface area contributed by atoms with Crippen LogP contribution in [0.3, 0.4) is 0 Å². The molecule has 2 unspecified atom stereocenters. The zero-order chi connectivity index (χ0) is 15.1. The molecule has 5 atom stereocenters. The molecule has 0 aromatic rings. The summed E-state index contributed by atoms with van der Waals surface area (Å²) in [6.07, 6.45) is 3.99. The smallest absolute Gasteiger partial charge is 0.303 e. The molecule has 0 N–H and O–H groups in total. The molecule has 4 heteroatoms. The highest BCUT2D eigenvalue weighted by molar-refractivity contribution is 5.66. The number of carbonyl (C=O) groups excluding carboxylic acids is 1. The van der Waals surface area contributed by atoms with Gasteiger partial charge in [0.05, 0.1) is 12.7 Å². The summed E-state index contributed by atoms with van der Waals surface area (Å²) < 4.78 is 17.2. The fourth-order valence-electron chi connectivity index (χ4n) is 2.64. The van der Waals surface area contributed by atoms with E-state index in [2.05, 4.69) is 27.4 Å². The van der Waals surface area contributed by atoms with E-state index in [-0.39, 0.29) is 24.1 Å². The van der Waals surface area contributed by atoms with Gasteiger partial charge in [0.25, 0.3) is 0 Å². The summed E-state index contributed by atoms with van der Waals surface area (Å²) >= 11 is 0. The number of allylic oxidation sites excluding steroid dienone is 1. The highest BCUT2D eigenvalue weighted by Gasteiger charge is 2.43. The zero-order valence-corrected chi connectivity index (χ0v) is 13.1. The van der Waals surface area contributed by atoms with Crippen molar-refractivity contribution in [3.63, 3.8) is 0 Å². The second-order valence-electron chi connectivity index (χ2n) is 5.55. The largest absolute Gasteiger partial charge is 0.457 e. The standard InChI is InChI=1S/C16H28O4/c1-6-8-9-10-18-16-15(19-13(5)17)12(4)11(3)14(7-2)20-16/h6,11-12,14-16H,1,7-10H2,2-5H3/t11-,12+,14?,15?,16-/m1/s1. The second-order valence-corrected chi connectivity index (χ2v) is 5.55. The zero-order valence-electron chi connectivity index (χ0n) is 13.1. The lowest BCUT2D eigenvalue weighted by Gasteiger charge is -2.43. The number of rotatable bonds is 7. The SMILES string of the molecule is C=CCCCO[C@@H]1OC(CC)[C@H](C)[C@H](C)C1OC(C)=O. The van der Waals surface area contributed by atoms with E-state index in [1.807, 2.05) is 6.08 Å². The first-order chi connectivity index (χ1) is 9.51. The van der Waals surface area contributed by atoms with E-state index < -0.39 is 6.29 Å². The minimum atomic E-state index is -0.458. The summed E-state index contributed by atoms with van der Waals surface area (Å²) in [5.41, 5.74) is 0. The fourth-order valence-corrected chi connectivity index (χ4v) is 2.64. The Bertz CT molecular complexity index is 316. The van der Waals surface area contributed by atoms with Gasteiger partial charge in [-0.15, -0.1) is 6.58 Å². The van der Waals surface area contributed by atoms with Crippen molar-refractivity contribution in [2.75, 3.05) is 6.61 Å². The summed E-state index contributed by atoms with van der Waals surface area (Å²) in [5, 5.41) is 0. The van der Waals surface area contributed by atoms with Gasteiger partial charge in [-0.2, -0.15) is 0 Å².